The van der Waals surface area contributed by atoms with Crippen LogP contribution < -0.4 is 10.1 Å². The number of aryl methyl sites for hydroxylation is 1. The van der Waals surface area contributed by atoms with E-state index in [9.17, 15) is 9.18 Å². The molecule has 4 heteroatoms. The summed E-state index contributed by atoms with van der Waals surface area (Å²) in [5.74, 6) is 0.418. The summed E-state index contributed by atoms with van der Waals surface area (Å²) in [6.07, 6.45) is -0.653. The molecule has 3 nitrogen and oxygen atoms in total. The first-order valence-corrected chi connectivity index (χ1v) is 7.70. The predicted octanol–water partition coefficient (Wildman–Crippen LogP) is 4.66. The fraction of sp³-hybridized carbons (Fsp3) is 0.316. The standard InChI is InChI=1S/C19H22FNO2/c1-12(2)17-10-5-13(3)11-18(17)23-14(4)19(22)21-16-8-6-15(20)7-9-16/h5-12,14H,1-4H3,(H,21,22)/t14-/m0/s1. The lowest BCUT2D eigenvalue weighted by atomic mass is 10.0. The van der Waals surface area contributed by atoms with E-state index in [1.165, 1.54) is 24.3 Å². The van der Waals surface area contributed by atoms with Gasteiger partial charge in [0.15, 0.2) is 6.10 Å². The Morgan fingerprint density at radius 2 is 1.74 bits per heavy atom. The molecule has 0 aliphatic rings. The third-order valence-electron chi connectivity index (χ3n) is 3.58. The molecule has 0 unspecified atom stereocenters. The van der Waals surface area contributed by atoms with Gasteiger partial charge in [-0.15, -0.1) is 0 Å². The minimum absolute atomic E-state index is 0.271. The Balaban J connectivity index is 2.09. The number of halogens is 1. The fourth-order valence-electron chi connectivity index (χ4n) is 2.24. The number of benzene rings is 2. The fourth-order valence-corrected chi connectivity index (χ4v) is 2.24. The van der Waals surface area contributed by atoms with Crippen LogP contribution in [0.5, 0.6) is 5.75 Å². The minimum Gasteiger partial charge on any atom is -0.481 e. The molecule has 0 saturated heterocycles. The highest BCUT2D eigenvalue weighted by atomic mass is 19.1. The number of carbonyl (C=O) groups excluding carboxylic acids is 1. The molecule has 0 heterocycles. The first kappa shape index (κ1) is 17.0. The number of anilines is 1. The second kappa shape index (κ2) is 7.27. The van der Waals surface area contributed by atoms with Crippen LogP contribution in [0.3, 0.4) is 0 Å². The van der Waals surface area contributed by atoms with Gasteiger partial charge in [0.1, 0.15) is 11.6 Å². The average Bonchev–Trinajstić information content (AvgIpc) is 2.49. The molecule has 2 rings (SSSR count). The van der Waals surface area contributed by atoms with Crippen LogP contribution in [0.2, 0.25) is 0 Å². The Labute approximate surface area is 136 Å². The molecule has 0 aliphatic heterocycles. The monoisotopic (exact) mass is 315 g/mol. The van der Waals surface area contributed by atoms with E-state index in [1.54, 1.807) is 6.92 Å². The van der Waals surface area contributed by atoms with E-state index >= 15 is 0 Å². The van der Waals surface area contributed by atoms with Crippen molar-refractivity contribution in [2.24, 2.45) is 0 Å². The van der Waals surface area contributed by atoms with Crippen LogP contribution >= 0.6 is 0 Å². The normalized spacial score (nSPS) is 12.1. The van der Waals surface area contributed by atoms with Crippen LogP contribution in [-0.4, -0.2) is 12.0 Å². The van der Waals surface area contributed by atoms with Gasteiger partial charge < -0.3 is 10.1 Å². The van der Waals surface area contributed by atoms with Crippen LogP contribution in [0.1, 0.15) is 37.8 Å². The average molecular weight is 315 g/mol. The highest BCUT2D eigenvalue weighted by molar-refractivity contribution is 5.94. The van der Waals surface area contributed by atoms with Crippen LogP contribution in [-0.2, 0) is 4.79 Å². The first-order valence-electron chi connectivity index (χ1n) is 7.70. The molecule has 0 saturated carbocycles. The Hall–Kier alpha value is -2.36. The Bertz CT molecular complexity index is 680. The summed E-state index contributed by atoms with van der Waals surface area (Å²) in [6, 6.07) is 11.7. The molecule has 1 atom stereocenters. The van der Waals surface area contributed by atoms with E-state index in [-0.39, 0.29) is 11.7 Å². The lowest BCUT2D eigenvalue weighted by Gasteiger charge is -2.19. The zero-order chi connectivity index (χ0) is 17.0. The molecule has 23 heavy (non-hydrogen) atoms. The van der Waals surface area contributed by atoms with E-state index in [2.05, 4.69) is 19.2 Å². The number of nitrogens with one attached hydrogen (secondary N) is 1. The summed E-state index contributed by atoms with van der Waals surface area (Å²) < 4.78 is 18.7. The molecule has 0 spiro atoms. The van der Waals surface area contributed by atoms with Gasteiger partial charge in [-0.1, -0.05) is 26.0 Å². The van der Waals surface area contributed by atoms with Gasteiger partial charge in [0.2, 0.25) is 0 Å². The van der Waals surface area contributed by atoms with Crippen molar-refractivity contribution in [1.29, 1.82) is 0 Å². The molecule has 0 aromatic heterocycles. The molecule has 0 fully saturated rings. The van der Waals surface area contributed by atoms with E-state index < -0.39 is 6.10 Å². The Kier molecular flexibility index (Phi) is 5.37. The van der Waals surface area contributed by atoms with Gasteiger partial charge >= 0.3 is 0 Å². The maximum absolute atomic E-state index is 12.9. The summed E-state index contributed by atoms with van der Waals surface area (Å²) in [6.45, 7) is 7.85. The van der Waals surface area contributed by atoms with Crippen molar-refractivity contribution in [3.8, 4) is 5.75 Å². The van der Waals surface area contributed by atoms with Gasteiger partial charge in [-0.2, -0.15) is 0 Å². The Morgan fingerprint density at radius 1 is 1.09 bits per heavy atom. The minimum atomic E-state index is -0.653. The number of hydrogen-bond acceptors (Lipinski definition) is 2. The van der Waals surface area contributed by atoms with Crippen molar-refractivity contribution < 1.29 is 13.9 Å². The predicted molar refractivity (Wildman–Crippen MR) is 90.4 cm³/mol. The highest BCUT2D eigenvalue weighted by Gasteiger charge is 2.17. The SMILES string of the molecule is Cc1ccc(C(C)C)c(O[C@@H](C)C(=O)Nc2ccc(F)cc2)c1. The molecule has 0 radical (unpaired) electrons. The van der Waals surface area contributed by atoms with Gasteiger partial charge in [-0.05, 0) is 61.2 Å². The summed E-state index contributed by atoms with van der Waals surface area (Å²) in [5.41, 5.74) is 2.69. The number of rotatable bonds is 5. The van der Waals surface area contributed by atoms with E-state index in [1.807, 2.05) is 25.1 Å². The van der Waals surface area contributed by atoms with Crippen LogP contribution in [0.4, 0.5) is 10.1 Å². The molecular formula is C19H22FNO2. The molecule has 2 aromatic carbocycles. The quantitative estimate of drug-likeness (QED) is 0.871. The molecule has 0 aliphatic carbocycles. The third-order valence-corrected chi connectivity index (χ3v) is 3.58. The van der Waals surface area contributed by atoms with Crippen molar-refractivity contribution in [2.45, 2.75) is 39.7 Å². The van der Waals surface area contributed by atoms with Gasteiger partial charge in [0.05, 0.1) is 0 Å². The number of ether oxygens (including phenoxy) is 1. The lowest BCUT2D eigenvalue weighted by molar-refractivity contribution is -0.122. The summed E-state index contributed by atoms with van der Waals surface area (Å²) in [7, 11) is 0. The smallest absolute Gasteiger partial charge is 0.265 e. The van der Waals surface area contributed by atoms with Gasteiger partial charge in [-0.25, -0.2) is 4.39 Å². The first-order chi connectivity index (χ1) is 10.9. The van der Waals surface area contributed by atoms with Crippen molar-refractivity contribution in [3.05, 3.63) is 59.4 Å². The van der Waals surface area contributed by atoms with Crippen molar-refractivity contribution in [1.82, 2.24) is 0 Å². The van der Waals surface area contributed by atoms with Crippen LogP contribution in [0.15, 0.2) is 42.5 Å². The molecular weight excluding hydrogens is 293 g/mol. The van der Waals surface area contributed by atoms with Crippen LogP contribution in [0, 0.1) is 12.7 Å². The van der Waals surface area contributed by atoms with E-state index in [0.717, 1.165) is 16.9 Å². The third kappa shape index (κ3) is 4.55. The maximum Gasteiger partial charge on any atom is 0.265 e. The van der Waals surface area contributed by atoms with Crippen molar-refractivity contribution >= 4 is 11.6 Å². The zero-order valence-corrected chi connectivity index (χ0v) is 13.9. The molecule has 0 bridgehead atoms. The number of amides is 1. The Morgan fingerprint density at radius 3 is 2.35 bits per heavy atom. The van der Waals surface area contributed by atoms with Crippen molar-refractivity contribution in [3.63, 3.8) is 0 Å². The molecule has 1 amide bonds. The number of hydrogen-bond donors (Lipinski definition) is 1. The van der Waals surface area contributed by atoms with E-state index in [0.29, 0.717) is 11.6 Å². The lowest BCUT2D eigenvalue weighted by Crippen LogP contribution is -2.30. The highest BCUT2D eigenvalue weighted by Crippen LogP contribution is 2.28. The topological polar surface area (TPSA) is 38.3 Å². The maximum atomic E-state index is 12.9. The van der Waals surface area contributed by atoms with E-state index in [4.69, 9.17) is 4.74 Å². The van der Waals surface area contributed by atoms with Gasteiger partial charge in [-0.3, -0.25) is 4.79 Å². The van der Waals surface area contributed by atoms with Crippen LogP contribution in [0.25, 0.3) is 0 Å². The molecule has 2 aromatic rings. The van der Waals surface area contributed by atoms with Gasteiger partial charge in [0, 0.05) is 5.69 Å². The molecule has 1 N–H and O–H groups in total. The largest absolute Gasteiger partial charge is 0.481 e. The zero-order valence-electron chi connectivity index (χ0n) is 13.9. The number of carbonyl (C=O) groups is 1. The van der Waals surface area contributed by atoms with Crippen molar-refractivity contribution in [2.75, 3.05) is 5.32 Å². The summed E-state index contributed by atoms with van der Waals surface area (Å²) in [4.78, 5) is 12.2. The van der Waals surface area contributed by atoms with Gasteiger partial charge in [0.25, 0.3) is 5.91 Å². The second-order valence-electron chi connectivity index (χ2n) is 5.95. The second-order valence-corrected chi connectivity index (χ2v) is 5.95. The molecule has 122 valence electrons. The summed E-state index contributed by atoms with van der Waals surface area (Å²) >= 11 is 0. The summed E-state index contributed by atoms with van der Waals surface area (Å²) in [5, 5.41) is 2.72.